The largest absolute Gasteiger partial charge is 0.462 e. The maximum Gasteiger partial charge on any atom is 0.341 e. The van der Waals surface area contributed by atoms with Crippen molar-refractivity contribution in [1.29, 1.82) is 0 Å². The highest BCUT2D eigenvalue weighted by molar-refractivity contribution is 7.15. The molecule has 1 saturated carbocycles. The van der Waals surface area contributed by atoms with Crippen LogP contribution in [0, 0.1) is 5.82 Å². The Kier molecular flexibility index (Phi) is 6.34. The summed E-state index contributed by atoms with van der Waals surface area (Å²) in [4.78, 5) is 29.1. The van der Waals surface area contributed by atoms with E-state index in [1.54, 1.807) is 19.1 Å². The second-order valence-corrected chi connectivity index (χ2v) is 8.53. The highest BCUT2D eigenvalue weighted by Crippen LogP contribution is 2.46. The summed E-state index contributed by atoms with van der Waals surface area (Å²) in [5.74, 6) is -0.337. The average molecular weight is 432 g/mol. The van der Waals surface area contributed by atoms with Crippen LogP contribution < -0.4 is 10.2 Å². The van der Waals surface area contributed by atoms with Gasteiger partial charge in [0.2, 0.25) is 5.91 Å². The molecular weight excluding hydrogens is 405 g/mol. The first-order valence-electron chi connectivity index (χ1n) is 10.4. The monoisotopic (exact) mass is 431 g/mol. The molecule has 1 saturated heterocycles. The Morgan fingerprint density at radius 1 is 1.20 bits per heavy atom. The Morgan fingerprint density at radius 3 is 2.60 bits per heavy atom. The van der Waals surface area contributed by atoms with Crippen LogP contribution in [0.1, 0.15) is 41.6 Å². The van der Waals surface area contributed by atoms with Crippen LogP contribution in [0.2, 0.25) is 0 Å². The number of amides is 1. The fraction of sp³-hybridized carbons (Fsp3) is 0.455. The first-order chi connectivity index (χ1) is 14.6. The van der Waals surface area contributed by atoms with Gasteiger partial charge in [-0.05, 0) is 48.8 Å². The number of benzene rings is 1. The fourth-order valence-corrected chi connectivity index (χ4v) is 4.84. The Morgan fingerprint density at radius 2 is 1.93 bits per heavy atom. The van der Waals surface area contributed by atoms with E-state index in [4.69, 9.17) is 4.74 Å². The average Bonchev–Trinajstić information content (AvgIpc) is 3.50. The SMILES string of the molecule is CCOC(=O)c1c(C2CC2)csc1NC(=O)CN1CCN(c2ccccc2F)CC1. The summed E-state index contributed by atoms with van der Waals surface area (Å²) in [6.45, 7) is 4.98. The number of thiophene rings is 1. The van der Waals surface area contributed by atoms with E-state index in [1.165, 1.54) is 17.4 Å². The molecule has 2 aliphatic rings. The standard InChI is InChI=1S/C22H26FN3O3S/c1-2-29-22(28)20-16(15-7-8-15)14-30-21(20)24-19(27)13-25-9-11-26(12-10-25)18-6-4-3-5-17(18)23/h3-6,14-15H,2,7-13H2,1H3,(H,24,27). The number of carbonyl (C=O) groups is 2. The van der Waals surface area contributed by atoms with Crippen molar-refractivity contribution in [3.8, 4) is 0 Å². The van der Waals surface area contributed by atoms with Crippen LogP contribution in [0.15, 0.2) is 29.6 Å². The van der Waals surface area contributed by atoms with Crippen molar-refractivity contribution in [2.45, 2.75) is 25.7 Å². The number of ether oxygens (including phenoxy) is 1. The number of carbonyl (C=O) groups excluding carboxylic acids is 2. The van der Waals surface area contributed by atoms with Crippen molar-refractivity contribution in [1.82, 2.24) is 4.90 Å². The van der Waals surface area contributed by atoms with Gasteiger partial charge < -0.3 is 15.0 Å². The molecule has 1 aromatic carbocycles. The van der Waals surface area contributed by atoms with E-state index in [9.17, 15) is 14.0 Å². The van der Waals surface area contributed by atoms with Crippen LogP contribution >= 0.6 is 11.3 Å². The number of halogens is 1. The molecule has 2 heterocycles. The number of nitrogens with zero attached hydrogens (tertiary/aromatic N) is 2. The Hall–Kier alpha value is -2.45. The summed E-state index contributed by atoms with van der Waals surface area (Å²) in [5, 5.41) is 5.46. The lowest BCUT2D eigenvalue weighted by Gasteiger charge is -2.35. The molecule has 0 unspecified atom stereocenters. The van der Waals surface area contributed by atoms with Gasteiger partial charge in [-0.15, -0.1) is 11.3 Å². The van der Waals surface area contributed by atoms with Gasteiger partial charge in [0.1, 0.15) is 10.8 Å². The number of para-hydroxylation sites is 1. The third-order valence-corrected chi connectivity index (χ3v) is 6.42. The number of esters is 1. The molecule has 2 fully saturated rings. The van der Waals surface area contributed by atoms with E-state index in [0.717, 1.165) is 18.4 Å². The number of hydrogen-bond donors (Lipinski definition) is 1. The lowest BCUT2D eigenvalue weighted by atomic mass is 10.1. The lowest BCUT2D eigenvalue weighted by molar-refractivity contribution is -0.117. The summed E-state index contributed by atoms with van der Waals surface area (Å²) >= 11 is 1.39. The molecule has 4 rings (SSSR count). The fourth-order valence-electron chi connectivity index (χ4n) is 3.80. The summed E-state index contributed by atoms with van der Waals surface area (Å²) in [7, 11) is 0. The second-order valence-electron chi connectivity index (χ2n) is 7.65. The van der Waals surface area contributed by atoms with E-state index in [-0.39, 0.29) is 24.2 Å². The van der Waals surface area contributed by atoms with Crippen molar-refractivity contribution >= 4 is 33.9 Å². The van der Waals surface area contributed by atoms with E-state index in [1.807, 2.05) is 21.2 Å². The van der Waals surface area contributed by atoms with Crippen LogP contribution in [0.5, 0.6) is 0 Å². The molecule has 1 aromatic heterocycles. The minimum absolute atomic E-state index is 0.149. The Labute approximate surface area is 179 Å². The van der Waals surface area contributed by atoms with Crippen molar-refractivity contribution in [2.75, 3.05) is 49.5 Å². The minimum atomic E-state index is -0.366. The van der Waals surface area contributed by atoms with Crippen molar-refractivity contribution in [2.24, 2.45) is 0 Å². The molecule has 30 heavy (non-hydrogen) atoms. The summed E-state index contributed by atoms with van der Waals surface area (Å²) in [6.07, 6.45) is 2.14. The van der Waals surface area contributed by atoms with E-state index < -0.39 is 0 Å². The van der Waals surface area contributed by atoms with Gasteiger partial charge in [0.25, 0.3) is 0 Å². The summed E-state index contributed by atoms with van der Waals surface area (Å²) < 4.78 is 19.2. The predicted molar refractivity (Wildman–Crippen MR) is 116 cm³/mol. The topological polar surface area (TPSA) is 61.9 Å². The number of piperazine rings is 1. The van der Waals surface area contributed by atoms with Crippen molar-refractivity contribution in [3.05, 3.63) is 46.6 Å². The summed E-state index contributed by atoms with van der Waals surface area (Å²) in [6, 6.07) is 6.76. The molecule has 0 bridgehead atoms. The maximum absolute atomic E-state index is 14.0. The molecule has 6 nitrogen and oxygen atoms in total. The van der Waals surface area contributed by atoms with Crippen LogP contribution in [-0.2, 0) is 9.53 Å². The quantitative estimate of drug-likeness (QED) is 0.678. The van der Waals surface area contributed by atoms with Crippen LogP contribution in [-0.4, -0.2) is 56.1 Å². The zero-order valence-electron chi connectivity index (χ0n) is 17.0. The van der Waals surface area contributed by atoms with Gasteiger partial charge in [-0.3, -0.25) is 9.69 Å². The third-order valence-electron chi connectivity index (χ3n) is 5.50. The van der Waals surface area contributed by atoms with E-state index in [0.29, 0.717) is 55.0 Å². The zero-order chi connectivity index (χ0) is 21.1. The summed E-state index contributed by atoms with van der Waals surface area (Å²) in [5.41, 5.74) is 2.11. The normalized spacial score (nSPS) is 17.1. The molecule has 8 heteroatoms. The molecule has 1 N–H and O–H groups in total. The number of hydrogen-bond acceptors (Lipinski definition) is 6. The smallest absolute Gasteiger partial charge is 0.341 e. The van der Waals surface area contributed by atoms with Gasteiger partial charge in [0.05, 0.1) is 24.4 Å². The highest BCUT2D eigenvalue weighted by atomic mass is 32.1. The lowest BCUT2D eigenvalue weighted by Crippen LogP contribution is -2.48. The molecular formula is C22H26FN3O3S. The molecule has 0 radical (unpaired) electrons. The maximum atomic E-state index is 14.0. The zero-order valence-corrected chi connectivity index (χ0v) is 17.8. The van der Waals surface area contributed by atoms with Gasteiger partial charge in [-0.25, -0.2) is 9.18 Å². The third kappa shape index (κ3) is 4.65. The van der Waals surface area contributed by atoms with Crippen LogP contribution in [0.25, 0.3) is 0 Å². The number of anilines is 2. The molecule has 1 aliphatic carbocycles. The highest BCUT2D eigenvalue weighted by Gasteiger charge is 2.32. The minimum Gasteiger partial charge on any atom is -0.462 e. The van der Waals surface area contributed by atoms with Crippen LogP contribution in [0.4, 0.5) is 15.1 Å². The van der Waals surface area contributed by atoms with Gasteiger partial charge in [0.15, 0.2) is 0 Å². The first kappa shape index (κ1) is 20.8. The second kappa shape index (κ2) is 9.14. The number of rotatable bonds is 7. The molecule has 0 atom stereocenters. The van der Waals surface area contributed by atoms with E-state index in [2.05, 4.69) is 5.32 Å². The Bertz CT molecular complexity index is 920. The van der Waals surface area contributed by atoms with Crippen molar-refractivity contribution < 1.29 is 18.7 Å². The van der Waals surface area contributed by atoms with Gasteiger partial charge in [-0.1, -0.05) is 12.1 Å². The molecule has 1 aliphatic heterocycles. The molecule has 2 aromatic rings. The molecule has 1 amide bonds. The first-order valence-corrected chi connectivity index (χ1v) is 11.2. The predicted octanol–water partition coefficient (Wildman–Crippen LogP) is 3.70. The Balaban J connectivity index is 1.35. The van der Waals surface area contributed by atoms with Gasteiger partial charge >= 0.3 is 5.97 Å². The van der Waals surface area contributed by atoms with Crippen molar-refractivity contribution in [3.63, 3.8) is 0 Å². The van der Waals surface area contributed by atoms with Gasteiger partial charge in [0, 0.05) is 26.2 Å². The van der Waals surface area contributed by atoms with Gasteiger partial charge in [-0.2, -0.15) is 0 Å². The molecule has 0 spiro atoms. The molecule has 160 valence electrons. The van der Waals surface area contributed by atoms with E-state index >= 15 is 0 Å². The number of nitrogens with one attached hydrogen (secondary N) is 1. The van der Waals surface area contributed by atoms with Crippen LogP contribution in [0.3, 0.4) is 0 Å².